The van der Waals surface area contributed by atoms with Crippen LogP contribution in [0, 0.1) is 49.4 Å². The molecule has 0 aliphatic rings. The zero-order valence-electron chi connectivity index (χ0n) is 6.69. The Morgan fingerprint density at radius 2 is 1.29 bits per heavy atom. The van der Waals surface area contributed by atoms with Crippen LogP contribution in [0.5, 0.6) is 0 Å². The molecule has 0 amide bonds. The van der Waals surface area contributed by atoms with E-state index < -0.39 is 36.4 Å². The Morgan fingerprint density at radius 1 is 1.00 bits per heavy atom. The Balaban J connectivity index is 0. The smallest absolute Gasteiger partial charge is 0.550 e. The molecule has 0 aliphatic carbocycles. The van der Waals surface area contributed by atoms with Gasteiger partial charge in [0.15, 0.2) is 0 Å². The predicted octanol–water partition coefficient (Wildman–Crippen LogP) is -5.25. The van der Waals surface area contributed by atoms with E-state index in [9.17, 15) is 29.7 Å². The SMILES string of the molecule is O=C([O-])CC(O)(CC(=O)[O-])C(=O)[O-].[Eu+3]. The summed E-state index contributed by atoms with van der Waals surface area (Å²) in [6.45, 7) is 0. The number of aliphatic carboxylic acids is 3. The first-order chi connectivity index (χ1) is 5.78. The van der Waals surface area contributed by atoms with E-state index in [0.29, 0.717) is 0 Å². The van der Waals surface area contributed by atoms with Gasteiger partial charge in [-0.2, -0.15) is 0 Å². The molecule has 0 unspecified atom stereocenters. The molecule has 0 spiro atoms. The molecule has 0 rings (SSSR count). The molecule has 0 aliphatic heterocycles. The second kappa shape index (κ2) is 6.44. The van der Waals surface area contributed by atoms with Gasteiger partial charge in [0.1, 0.15) is 5.60 Å². The van der Waals surface area contributed by atoms with Crippen molar-refractivity contribution in [2.45, 2.75) is 18.4 Å². The van der Waals surface area contributed by atoms with Crippen LogP contribution in [0.1, 0.15) is 12.8 Å². The van der Waals surface area contributed by atoms with Crippen LogP contribution < -0.4 is 15.3 Å². The largest absolute Gasteiger partial charge is 3.00 e. The fraction of sp³-hybridized carbons (Fsp3) is 0.500. The molecule has 0 bridgehead atoms. The standard InChI is InChI=1S/C6H8O7.Eu/c7-3(8)1-6(13,5(11)12)2-4(9)10;/h13H,1-2H2,(H,7,8)(H,9,10)(H,11,12);/q;+3/p-3. The molecule has 78 valence electrons. The van der Waals surface area contributed by atoms with Crippen LogP contribution in [-0.4, -0.2) is 28.6 Å². The van der Waals surface area contributed by atoms with Gasteiger partial charge < -0.3 is 34.8 Å². The van der Waals surface area contributed by atoms with Crippen molar-refractivity contribution in [1.29, 1.82) is 0 Å². The predicted molar refractivity (Wildman–Crippen MR) is 29.2 cm³/mol. The number of rotatable bonds is 5. The van der Waals surface area contributed by atoms with Gasteiger partial charge in [0.05, 0.1) is 5.97 Å². The van der Waals surface area contributed by atoms with Crippen LogP contribution in [0.15, 0.2) is 0 Å². The van der Waals surface area contributed by atoms with Gasteiger partial charge in [0.2, 0.25) is 0 Å². The van der Waals surface area contributed by atoms with Crippen molar-refractivity contribution >= 4 is 17.9 Å². The van der Waals surface area contributed by atoms with Crippen LogP contribution >= 0.6 is 0 Å². The van der Waals surface area contributed by atoms with Gasteiger partial charge in [-0.05, 0) is 0 Å². The van der Waals surface area contributed by atoms with E-state index in [0.717, 1.165) is 0 Å². The summed E-state index contributed by atoms with van der Waals surface area (Å²) in [7, 11) is 0. The fourth-order valence-electron chi connectivity index (χ4n) is 0.684. The molecular weight excluding hydrogens is 336 g/mol. The molecule has 0 aromatic rings. The maximum Gasteiger partial charge on any atom is 3.00 e. The topological polar surface area (TPSA) is 141 Å². The molecule has 0 heterocycles. The van der Waals surface area contributed by atoms with Crippen LogP contribution in [0.4, 0.5) is 0 Å². The second-order valence-electron chi connectivity index (χ2n) is 2.42. The quantitative estimate of drug-likeness (QED) is 0.527. The number of hydrogen-bond acceptors (Lipinski definition) is 7. The first kappa shape index (κ1) is 16.4. The third-order valence-electron chi connectivity index (χ3n) is 1.25. The maximum absolute atomic E-state index is 10.1. The number of hydrogen-bond donors (Lipinski definition) is 1. The minimum atomic E-state index is -2.97. The maximum atomic E-state index is 10.1. The summed E-state index contributed by atoms with van der Waals surface area (Å²) in [5.74, 6) is -5.98. The molecule has 0 atom stereocenters. The average Bonchev–Trinajstić information content (AvgIpc) is 1.82. The number of aliphatic hydroxyl groups is 1. The first-order valence-electron chi connectivity index (χ1n) is 3.11. The molecule has 14 heavy (non-hydrogen) atoms. The zero-order chi connectivity index (χ0) is 10.6. The minimum Gasteiger partial charge on any atom is -0.550 e. The molecule has 0 saturated carbocycles. The van der Waals surface area contributed by atoms with Gasteiger partial charge >= 0.3 is 49.4 Å². The summed E-state index contributed by atoms with van der Waals surface area (Å²) >= 11 is 0. The van der Waals surface area contributed by atoms with Crippen molar-refractivity contribution in [3.63, 3.8) is 0 Å². The fourth-order valence-corrected chi connectivity index (χ4v) is 0.684. The molecule has 0 aromatic heterocycles. The number of carbonyl (C=O) groups excluding carboxylic acids is 3. The zero-order valence-corrected chi connectivity index (χ0v) is 9.11. The van der Waals surface area contributed by atoms with Crippen LogP contribution in [-0.2, 0) is 14.4 Å². The van der Waals surface area contributed by atoms with Crippen molar-refractivity contribution in [1.82, 2.24) is 0 Å². The summed E-state index contributed by atoms with van der Waals surface area (Å²) in [4.78, 5) is 30.0. The van der Waals surface area contributed by atoms with Gasteiger partial charge in [0.25, 0.3) is 0 Å². The molecule has 7 nitrogen and oxygen atoms in total. The molecule has 1 N–H and O–H groups in total. The Labute approximate surface area is 119 Å². The number of carboxylic acids is 3. The third-order valence-corrected chi connectivity index (χ3v) is 1.25. The summed E-state index contributed by atoms with van der Waals surface area (Å²) in [6, 6.07) is 0. The Hall–Kier alpha value is -0.0456. The molecule has 0 fully saturated rings. The number of carbonyl (C=O) groups is 3. The van der Waals surface area contributed by atoms with E-state index in [2.05, 4.69) is 0 Å². The number of carboxylic acid groups (broad SMARTS) is 3. The molecule has 0 aromatic carbocycles. The van der Waals surface area contributed by atoms with Crippen molar-refractivity contribution in [3.05, 3.63) is 0 Å². The van der Waals surface area contributed by atoms with Gasteiger partial charge in [-0.3, -0.25) is 0 Å². The van der Waals surface area contributed by atoms with Crippen LogP contribution in [0.25, 0.3) is 0 Å². The third kappa shape index (κ3) is 5.64. The Morgan fingerprint density at radius 3 is 1.43 bits per heavy atom. The van der Waals surface area contributed by atoms with E-state index >= 15 is 0 Å². The summed E-state index contributed by atoms with van der Waals surface area (Å²) in [5, 5.41) is 38.9. The molecular formula is C6H5EuO7. The molecule has 0 radical (unpaired) electrons. The molecule has 8 heteroatoms. The van der Waals surface area contributed by atoms with Crippen molar-refractivity contribution in [3.8, 4) is 0 Å². The van der Waals surface area contributed by atoms with Crippen molar-refractivity contribution in [2.75, 3.05) is 0 Å². The van der Waals surface area contributed by atoms with Gasteiger partial charge in [-0.1, -0.05) is 0 Å². The second-order valence-corrected chi connectivity index (χ2v) is 2.42. The van der Waals surface area contributed by atoms with Gasteiger partial charge in [-0.15, -0.1) is 0 Å². The minimum absolute atomic E-state index is 0. The van der Waals surface area contributed by atoms with Gasteiger partial charge in [-0.25, -0.2) is 0 Å². The Kier molecular flexibility index (Phi) is 7.54. The van der Waals surface area contributed by atoms with Gasteiger partial charge in [0, 0.05) is 24.8 Å². The first-order valence-corrected chi connectivity index (χ1v) is 3.11. The van der Waals surface area contributed by atoms with E-state index in [-0.39, 0.29) is 49.4 Å². The van der Waals surface area contributed by atoms with E-state index in [4.69, 9.17) is 5.11 Å². The molecule has 0 saturated heterocycles. The normalized spacial score (nSPS) is 10.1. The average molecular weight is 341 g/mol. The van der Waals surface area contributed by atoms with Crippen LogP contribution in [0.2, 0.25) is 0 Å². The van der Waals surface area contributed by atoms with Crippen molar-refractivity contribution in [2.24, 2.45) is 0 Å². The summed E-state index contributed by atoms with van der Waals surface area (Å²) < 4.78 is 0. The monoisotopic (exact) mass is 342 g/mol. The Bertz CT molecular complexity index is 233. The summed E-state index contributed by atoms with van der Waals surface area (Å²) in [5.41, 5.74) is -2.97. The van der Waals surface area contributed by atoms with Crippen molar-refractivity contribution < 1.29 is 84.2 Å². The summed E-state index contributed by atoms with van der Waals surface area (Å²) in [6.07, 6.45) is -2.72. The van der Waals surface area contributed by atoms with Crippen LogP contribution in [0.3, 0.4) is 0 Å². The van der Waals surface area contributed by atoms with E-state index in [1.54, 1.807) is 0 Å². The van der Waals surface area contributed by atoms with E-state index in [1.807, 2.05) is 0 Å². The van der Waals surface area contributed by atoms with E-state index in [1.165, 1.54) is 0 Å².